The van der Waals surface area contributed by atoms with Gasteiger partial charge in [-0.3, -0.25) is 4.79 Å². The summed E-state index contributed by atoms with van der Waals surface area (Å²) in [6.45, 7) is 2.97. The molecule has 0 radical (unpaired) electrons. The zero-order valence-electron chi connectivity index (χ0n) is 11.2. The largest absolute Gasteiger partial charge is 0.496 e. The molecule has 1 heterocycles. The molecule has 0 bridgehead atoms. The third-order valence-electron chi connectivity index (χ3n) is 3.24. The minimum absolute atomic E-state index is 0.0729. The number of halogens is 1. The van der Waals surface area contributed by atoms with Gasteiger partial charge in [0.15, 0.2) is 0 Å². The number of hydrogen-bond donors (Lipinski definition) is 1. The second kappa shape index (κ2) is 6.26. The topological polar surface area (TPSA) is 47.6 Å². The first kappa shape index (κ1) is 14.2. The van der Waals surface area contributed by atoms with Crippen molar-refractivity contribution in [3.05, 3.63) is 28.3 Å². The molecule has 2 rings (SSSR count). The van der Waals surface area contributed by atoms with Crippen molar-refractivity contribution in [2.24, 2.45) is 0 Å². The quantitative estimate of drug-likeness (QED) is 0.923. The second-order valence-electron chi connectivity index (χ2n) is 4.63. The minimum Gasteiger partial charge on any atom is -0.496 e. The van der Waals surface area contributed by atoms with E-state index in [4.69, 9.17) is 21.1 Å². The SMILES string of the molecule is COc1cc(C)c(Cl)cc1CNC(=O)C1CCCO1. The normalized spacial score (nSPS) is 18.4. The van der Waals surface area contributed by atoms with E-state index in [2.05, 4.69) is 5.32 Å². The van der Waals surface area contributed by atoms with Crippen LogP contribution >= 0.6 is 11.6 Å². The van der Waals surface area contributed by atoms with Crippen LogP contribution in [0.15, 0.2) is 12.1 Å². The van der Waals surface area contributed by atoms with Crippen molar-refractivity contribution in [3.8, 4) is 5.75 Å². The number of aryl methyl sites for hydroxylation is 1. The Bertz CT molecular complexity index is 470. The summed E-state index contributed by atoms with van der Waals surface area (Å²) >= 11 is 6.09. The monoisotopic (exact) mass is 283 g/mol. The zero-order chi connectivity index (χ0) is 13.8. The Hall–Kier alpha value is -1.26. The smallest absolute Gasteiger partial charge is 0.249 e. The van der Waals surface area contributed by atoms with Crippen LogP contribution in [0.25, 0.3) is 0 Å². The number of nitrogens with one attached hydrogen (secondary N) is 1. The lowest BCUT2D eigenvalue weighted by atomic mass is 10.1. The van der Waals surface area contributed by atoms with Gasteiger partial charge in [-0.05, 0) is 37.5 Å². The van der Waals surface area contributed by atoms with Gasteiger partial charge in [0.1, 0.15) is 11.9 Å². The molecule has 1 aliphatic heterocycles. The summed E-state index contributed by atoms with van der Waals surface area (Å²) in [6, 6.07) is 3.70. The summed E-state index contributed by atoms with van der Waals surface area (Å²) < 4.78 is 10.6. The molecule has 1 atom stereocenters. The Labute approximate surface area is 118 Å². The Kier molecular flexibility index (Phi) is 4.66. The van der Waals surface area contributed by atoms with E-state index in [0.29, 0.717) is 18.2 Å². The van der Waals surface area contributed by atoms with Crippen molar-refractivity contribution in [2.75, 3.05) is 13.7 Å². The van der Waals surface area contributed by atoms with Gasteiger partial charge >= 0.3 is 0 Å². The van der Waals surface area contributed by atoms with E-state index in [1.165, 1.54) is 0 Å². The summed E-state index contributed by atoms with van der Waals surface area (Å²) in [4.78, 5) is 11.9. The number of benzene rings is 1. The highest BCUT2D eigenvalue weighted by Gasteiger charge is 2.23. The third kappa shape index (κ3) is 3.39. The molecule has 1 aromatic rings. The van der Waals surface area contributed by atoms with Gasteiger partial charge in [0.2, 0.25) is 5.91 Å². The van der Waals surface area contributed by atoms with Gasteiger partial charge in [0, 0.05) is 23.7 Å². The number of methoxy groups -OCH3 is 1. The molecular formula is C14H18ClNO3. The standard InChI is InChI=1S/C14H18ClNO3/c1-9-6-13(18-2)10(7-11(9)15)8-16-14(17)12-4-3-5-19-12/h6-7,12H,3-5,8H2,1-2H3,(H,16,17). The second-order valence-corrected chi connectivity index (χ2v) is 5.04. The van der Waals surface area contributed by atoms with Gasteiger partial charge in [-0.15, -0.1) is 0 Å². The van der Waals surface area contributed by atoms with Crippen molar-refractivity contribution in [1.82, 2.24) is 5.32 Å². The highest BCUT2D eigenvalue weighted by molar-refractivity contribution is 6.31. The molecule has 0 aliphatic carbocycles. The van der Waals surface area contributed by atoms with E-state index in [9.17, 15) is 4.79 Å². The number of rotatable bonds is 4. The average Bonchev–Trinajstić information content (AvgIpc) is 2.93. The maximum absolute atomic E-state index is 11.9. The Morgan fingerprint density at radius 3 is 3.00 bits per heavy atom. The zero-order valence-corrected chi connectivity index (χ0v) is 11.9. The highest BCUT2D eigenvalue weighted by Crippen LogP contribution is 2.26. The highest BCUT2D eigenvalue weighted by atomic mass is 35.5. The first-order valence-electron chi connectivity index (χ1n) is 6.34. The van der Waals surface area contributed by atoms with Crippen molar-refractivity contribution in [3.63, 3.8) is 0 Å². The number of ether oxygens (including phenoxy) is 2. The maximum atomic E-state index is 11.9. The molecule has 1 aliphatic rings. The minimum atomic E-state index is -0.313. The fourth-order valence-corrected chi connectivity index (χ4v) is 2.29. The molecule has 1 aromatic carbocycles. The van der Waals surface area contributed by atoms with Crippen LogP contribution in [0, 0.1) is 6.92 Å². The average molecular weight is 284 g/mol. The molecule has 19 heavy (non-hydrogen) atoms. The first-order chi connectivity index (χ1) is 9.11. The molecule has 0 aromatic heterocycles. The number of hydrogen-bond acceptors (Lipinski definition) is 3. The van der Waals surface area contributed by atoms with E-state index in [-0.39, 0.29) is 12.0 Å². The number of amides is 1. The molecule has 1 fully saturated rings. The van der Waals surface area contributed by atoms with Crippen LogP contribution in [-0.4, -0.2) is 25.7 Å². The van der Waals surface area contributed by atoms with Gasteiger partial charge in [-0.2, -0.15) is 0 Å². The molecule has 5 heteroatoms. The number of carbonyl (C=O) groups is 1. The molecule has 1 amide bonds. The summed E-state index contributed by atoms with van der Waals surface area (Å²) in [5.74, 6) is 0.658. The van der Waals surface area contributed by atoms with Gasteiger partial charge < -0.3 is 14.8 Å². The Balaban J connectivity index is 2.02. The number of carbonyl (C=O) groups excluding carboxylic acids is 1. The summed E-state index contributed by atoms with van der Waals surface area (Å²) in [7, 11) is 1.61. The molecule has 1 saturated heterocycles. The van der Waals surface area contributed by atoms with Gasteiger partial charge in [0.25, 0.3) is 0 Å². The molecular weight excluding hydrogens is 266 g/mol. The summed E-state index contributed by atoms with van der Waals surface area (Å²) in [5, 5.41) is 3.53. The van der Waals surface area contributed by atoms with Crippen molar-refractivity contribution in [2.45, 2.75) is 32.4 Å². The lowest BCUT2D eigenvalue weighted by molar-refractivity contribution is -0.130. The van der Waals surface area contributed by atoms with Gasteiger partial charge in [-0.25, -0.2) is 0 Å². The van der Waals surface area contributed by atoms with Crippen LogP contribution in [-0.2, 0) is 16.1 Å². The summed E-state index contributed by atoms with van der Waals surface area (Å²) in [6.07, 6.45) is 1.42. The molecule has 1 unspecified atom stereocenters. The molecule has 1 N–H and O–H groups in total. The Morgan fingerprint density at radius 2 is 2.37 bits per heavy atom. The van der Waals surface area contributed by atoms with E-state index >= 15 is 0 Å². The van der Waals surface area contributed by atoms with Crippen LogP contribution in [0.3, 0.4) is 0 Å². The Morgan fingerprint density at radius 1 is 1.58 bits per heavy atom. The molecule has 104 valence electrons. The lowest BCUT2D eigenvalue weighted by Crippen LogP contribution is -2.33. The van der Waals surface area contributed by atoms with Crippen molar-refractivity contribution < 1.29 is 14.3 Å². The van der Waals surface area contributed by atoms with Crippen LogP contribution in [0.1, 0.15) is 24.0 Å². The maximum Gasteiger partial charge on any atom is 0.249 e. The van der Waals surface area contributed by atoms with E-state index in [0.717, 1.165) is 29.7 Å². The summed E-state index contributed by atoms with van der Waals surface area (Å²) in [5.41, 5.74) is 1.82. The van der Waals surface area contributed by atoms with E-state index in [1.54, 1.807) is 7.11 Å². The van der Waals surface area contributed by atoms with Crippen LogP contribution < -0.4 is 10.1 Å². The fourth-order valence-electron chi connectivity index (χ4n) is 2.10. The fraction of sp³-hybridized carbons (Fsp3) is 0.500. The molecule has 0 saturated carbocycles. The van der Waals surface area contributed by atoms with Gasteiger partial charge in [0.05, 0.1) is 7.11 Å². The lowest BCUT2D eigenvalue weighted by Gasteiger charge is -2.14. The van der Waals surface area contributed by atoms with Crippen LogP contribution in [0.4, 0.5) is 0 Å². The molecule has 4 nitrogen and oxygen atoms in total. The predicted octanol–water partition coefficient (Wildman–Crippen LogP) is 2.45. The van der Waals surface area contributed by atoms with Crippen molar-refractivity contribution >= 4 is 17.5 Å². The van der Waals surface area contributed by atoms with Crippen LogP contribution in [0.5, 0.6) is 5.75 Å². The van der Waals surface area contributed by atoms with E-state index < -0.39 is 0 Å². The first-order valence-corrected chi connectivity index (χ1v) is 6.72. The van der Waals surface area contributed by atoms with Crippen LogP contribution in [0.2, 0.25) is 5.02 Å². The van der Waals surface area contributed by atoms with Crippen molar-refractivity contribution in [1.29, 1.82) is 0 Å². The molecule has 0 spiro atoms. The third-order valence-corrected chi connectivity index (χ3v) is 3.64. The predicted molar refractivity (Wildman–Crippen MR) is 73.6 cm³/mol. The van der Waals surface area contributed by atoms with Gasteiger partial charge in [-0.1, -0.05) is 11.6 Å². The van der Waals surface area contributed by atoms with E-state index in [1.807, 2.05) is 19.1 Å².